The Hall–Kier alpha value is -1.94. The number of anilines is 1. The smallest absolute Gasteiger partial charge is 0.255 e. The molecule has 2 aromatic rings. The Morgan fingerprint density at radius 2 is 1.94 bits per heavy atom. The van der Waals surface area contributed by atoms with Crippen LogP contribution in [0.25, 0.3) is 0 Å². The minimum Gasteiger partial charge on any atom is -0.497 e. The number of amides is 1. The van der Waals surface area contributed by atoms with E-state index in [1.54, 1.807) is 37.4 Å². The SMILES string of the molecule is COc1cccc(C(=O)Nc2ccccc2S)c1. The molecule has 4 heteroatoms. The molecule has 1 N–H and O–H groups in total. The van der Waals surface area contributed by atoms with Crippen LogP contribution in [0.2, 0.25) is 0 Å². The van der Waals surface area contributed by atoms with Gasteiger partial charge in [-0.05, 0) is 30.3 Å². The Morgan fingerprint density at radius 1 is 1.17 bits per heavy atom. The first-order valence-corrected chi connectivity index (χ1v) is 5.89. The first-order chi connectivity index (χ1) is 8.70. The molecular formula is C14H13NO2S. The first kappa shape index (κ1) is 12.5. The van der Waals surface area contributed by atoms with E-state index in [1.807, 2.05) is 18.2 Å². The van der Waals surface area contributed by atoms with Crippen molar-refractivity contribution in [1.29, 1.82) is 0 Å². The lowest BCUT2D eigenvalue weighted by Gasteiger charge is -2.08. The zero-order valence-corrected chi connectivity index (χ0v) is 10.8. The average molecular weight is 259 g/mol. The van der Waals surface area contributed by atoms with E-state index in [1.165, 1.54) is 0 Å². The lowest BCUT2D eigenvalue weighted by atomic mass is 10.2. The van der Waals surface area contributed by atoms with Crippen LogP contribution in [0.1, 0.15) is 10.4 Å². The van der Waals surface area contributed by atoms with Crippen molar-refractivity contribution in [3.05, 3.63) is 54.1 Å². The number of benzene rings is 2. The number of nitrogens with one attached hydrogen (secondary N) is 1. The molecule has 0 atom stereocenters. The molecular weight excluding hydrogens is 246 g/mol. The van der Waals surface area contributed by atoms with Crippen molar-refractivity contribution in [2.45, 2.75) is 4.90 Å². The van der Waals surface area contributed by atoms with E-state index in [0.717, 1.165) is 4.90 Å². The fourth-order valence-electron chi connectivity index (χ4n) is 1.54. The summed E-state index contributed by atoms with van der Waals surface area (Å²) in [5, 5.41) is 2.81. The maximum Gasteiger partial charge on any atom is 0.255 e. The van der Waals surface area contributed by atoms with Crippen LogP contribution in [0, 0.1) is 0 Å². The van der Waals surface area contributed by atoms with Gasteiger partial charge in [-0.1, -0.05) is 18.2 Å². The molecule has 3 nitrogen and oxygen atoms in total. The van der Waals surface area contributed by atoms with E-state index in [2.05, 4.69) is 17.9 Å². The number of ether oxygens (including phenoxy) is 1. The first-order valence-electron chi connectivity index (χ1n) is 5.44. The average Bonchev–Trinajstić information content (AvgIpc) is 2.41. The monoisotopic (exact) mass is 259 g/mol. The third-order valence-electron chi connectivity index (χ3n) is 2.48. The lowest BCUT2D eigenvalue weighted by molar-refractivity contribution is 0.102. The Labute approximate surface area is 111 Å². The van der Waals surface area contributed by atoms with Crippen LogP contribution in [-0.2, 0) is 0 Å². The summed E-state index contributed by atoms with van der Waals surface area (Å²) in [6.45, 7) is 0. The van der Waals surface area contributed by atoms with E-state index in [9.17, 15) is 4.79 Å². The van der Waals surface area contributed by atoms with Crippen LogP contribution in [0.5, 0.6) is 5.75 Å². The summed E-state index contributed by atoms with van der Waals surface area (Å²) in [6.07, 6.45) is 0. The van der Waals surface area contributed by atoms with Crippen molar-refractivity contribution in [2.24, 2.45) is 0 Å². The van der Waals surface area contributed by atoms with Crippen molar-refractivity contribution in [1.82, 2.24) is 0 Å². The Bertz CT molecular complexity index is 569. The molecule has 0 aromatic heterocycles. The molecule has 18 heavy (non-hydrogen) atoms. The predicted octanol–water partition coefficient (Wildman–Crippen LogP) is 3.24. The number of rotatable bonds is 3. The van der Waals surface area contributed by atoms with E-state index in [0.29, 0.717) is 17.0 Å². The lowest BCUT2D eigenvalue weighted by Crippen LogP contribution is -2.12. The molecule has 0 saturated carbocycles. The topological polar surface area (TPSA) is 38.3 Å². The molecule has 0 aliphatic heterocycles. The molecule has 0 saturated heterocycles. The molecule has 0 radical (unpaired) electrons. The second kappa shape index (κ2) is 5.60. The van der Waals surface area contributed by atoms with Gasteiger partial charge in [0.1, 0.15) is 5.75 Å². The minimum absolute atomic E-state index is 0.185. The molecule has 0 aliphatic rings. The van der Waals surface area contributed by atoms with Crippen LogP contribution in [0.15, 0.2) is 53.4 Å². The zero-order valence-electron chi connectivity index (χ0n) is 9.88. The molecule has 0 aliphatic carbocycles. The Morgan fingerprint density at radius 3 is 2.67 bits per heavy atom. The van der Waals surface area contributed by atoms with Gasteiger partial charge >= 0.3 is 0 Å². The summed E-state index contributed by atoms with van der Waals surface area (Å²) < 4.78 is 5.08. The van der Waals surface area contributed by atoms with Crippen LogP contribution in [0.4, 0.5) is 5.69 Å². The fraction of sp³-hybridized carbons (Fsp3) is 0.0714. The largest absolute Gasteiger partial charge is 0.497 e. The van der Waals surface area contributed by atoms with Gasteiger partial charge in [0.05, 0.1) is 12.8 Å². The number of methoxy groups -OCH3 is 1. The summed E-state index contributed by atoms with van der Waals surface area (Å²) in [4.78, 5) is 12.8. The number of carbonyl (C=O) groups excluding carboxylic acids is 1. The van der Waals surface area contributed by atoms with Gasteiger partial charge in [-0.25, -0.2) is 0 Å². The van der Waals surface area contributed by atoms with Gasteiger partial charge in [0.25, 0.3) is 5.91 Å². The molecule has 2 rings (SSSR count). The highest BCUT2D eigenvalue weighted by Crippen LogP contribution is 2.20. The van der Waals surface area contributed by atoms with E-state index >= 15 is 0 Å². The van der Waals surface area contributed by atoms with Crippen molar-refractivity contribution in [3.63, 3.8) is 0 Å². The Kier molecular flexibility index (Phi) is 3.89. The molecule has 0 unspecified atom stereocenters. The quantitative estimate of drug-likeness (QED) is 0.830. The summed E-state index contributed by atoms with van der Waals surface area (Å²) in [7, 11) is 1.57. The van der Waals surface area contributed by atoms with E-state index in [4.69, 9.17) is 4.74 Å². The van der Waals surface area contributed by atoms with Crippen LogP contribution in [0.3, 0.4) is 0 Å². The predicted molar refractivity (Wildman–Crippen MR) is 74.6 cm³/mol. The number of hydrogen-bond acceptors (Lipinski definition) is 3. The van der Waals surface area contributed by atoms with Gasteiger partial charge in [0.15, 0.2) is 0 Å². The third kappa shape index (κ3) is 2.84. The highest BCUT2D eigenvalue weighted by Gasteiger charge is 2.08. The molecule has 2 aromatic carbocycles. The van der Waals surface area contributed by atoms with Gasteiger partial charge in [0, 0.05) is 10.5 Å². The third-order valence-corrected chi connectivity index (χ3v) is 2.87. The second-order valence-electron chi connectivity index (χ2n) is 3.70. The second-order valence-corrected chi connectivity index (χ2v) is 4.19. The summed E-state index contributed by atoms with van der Waals surface area (Å²) in [5.74, 6) is 0.470. The van der Waals surface area contributed by atoms with Gasteiger partial charge in [-0.2, -0.15) is 0 Å². The van der Waals surface area contributed by atoms with Crippen LogP contribution >= 0.6 is 12.6 Å². The number of hydrogen-bond donors (Lipinski definition) is 2. The van der Waals surface area contributed by atoms with E-state index in [-0.39, 0.29) is 5.91 Å². The molecule has 0 heterocycles. The van der Waals surface area contributed by atoms with Crippen LogP contribution < -0.4 is 10.1 Å². The molecule has 1 amide bonds. The molecule has 92 valence electrons. The van der Waals surface area contributed by atoms with E-state index < -0.39 is 0 Å². The molecule has 0 bridgehead atoms. The van der Waals surface area contributed by atoms with Crippen molar-refractivity contribution < 1.29 is 9.53 Å². The van der Waals surface area contributed by atoms with Gasteiger partial charge in [-0.15, -0.1) is 12.6 Å². The van der Waals surface area contributed by atoms with Gasteiger partial charge in [0.2, 0.25) is 0 Å². The van der Waals surface area contributed by atoms with Gasteiger partial charge in [-0.3, -0.25) is 4.79 Å². The van der Waals surface area contributed by atoms with Gasteiger partial charge < -0.3 is 10.1 Å². The standard InChI is InChI=1S/C14H13NO2S/c1-17-11-6-4-5-10(9-11)14(16)15-12-7-2-3-8-13(12)18/h2-9,18H,1H3,(H,15,16). The number of thiol groups is 1. The maximum atomic E-state index is 12.0. The Balaban J connectivity index is 2.19. The highest BCUT2D eigenvalue weighted by atomic mass is 32.1. The normalized spacial score (nSPS) is 9.89. The minimum atomic E-state index is -0.185. The number of carbonyl (C=O) groups is 1. The highest BCUT2D eigenvalue weighted by molar-refractivity contribution is 7.80. The van der Waals surface area contributed by atoms with Crippen molar-refractivity contribution >= 4 is 24.2 Å². The van der Waals surface area contributed by atoms with Crippen molar-refractivity contribution in [2.75, 3.05) is 12.4 Å². The number of para-hydroxylation sites is 1. The molecule has 0 fully saturated rings. The maximum absolute atomic E-state index is 12.0. The fourth-order valence-corrected chi connectivity index (χ4v) is 1.75. The summed E-state index contributed by atoms with van der Waals surface area (Å²) in [5.41, 5.74) is 1.24. The molecule has 0 spiro atoms. The van der Waals surface area contributed by atoms with Crippen molar-refractivity contribution in [3.8, 4) is 5.75 Å². The van der Waals surface area contributed by atoms with Crippen LogP contribution in [-0.4, -0.2) is 13.0 Å². The zero-order chi connectivity index (χ0) is 13.0. The summed E-state index contributed by atoms with van der Waals surface area (Å²) >= 11 is 4.28. The summed E-state index contributed by atoms with van der Waals surface area (Å²) in [6, 6.07) is 14.3.